The summed E-state index contributed by atoms with van der Waals surface area (Å²) in [6.07, 6.45) is 1.56. The summed E-state index contributed by atoms with van der Waals surface area (Å²) in [5.74, 6) is -2.03. The molecule has 1 rings (SSSR count). The number of aliphatic carboxylic acids is 1. The second-order valence-corrected chi connectivity index (χ2v) is 6.14. The van der Waals surface area contributed by atoms with Gasteiger partial charge in [0.05, 0.1) is 12.9 Å². The number of carbonyl (C=O) groups excluding carboxylic acids is 1. The number of esters is 1. The Kier molecular flexibility index (Phi) is 5.09. The van der Waals surface area contributed by atoms with E-state index >= 15 is 0 Å². The molecule has 0 bridgehead atoms. The van der Waals surface area contributed by atoms with Crippen LogP contribution in [0.5, 0.6) is 0 Å². The van der Waals surface area contributed by atoms with Crippen molar-refractivity contribution in [2.45, 2.75) is 31.7 Å². The Morgan fingerprint density at radius 2 is 2.06 bits per heavy atom. The Bertz CT molecular complexity index is 414. The molecular formula is C10H17NO6S. The van der Waals surface area contributed by atoms with Gasteiger partial charge in [-0.15, -0.1) is 0 Å². The summed E-state index contributed by atoms with van der Waals surface area (Å²) in [4.78, 5) is 21.7. The number of hydrogen-bond acceptors (Lipinski definition) is 5. The molecule has 0 aromatic rings. The van der Waals surface area contributed by atoms with E-state index in [-0.39, 0.29) is 24.5 Å². The van der Waals surface area contributed by atoms with Crippen molar-refractivity contribution in [2.75, 3.05) is 12.9 Å². The molecule has 0 radical (unpaired) electrons. The Morgan fingerprint density at radius 3 is 2.50 bits per heavy atom. The van der Waals surface area contributed by atoms with Crippen LogP contribution < -0.4 is 4.72 Å². The van der Waals surface area contributed by atoms with E-state index in [9.17, 15) is 18.0 Å². The summed E-state index contributed by atoms with van der Waals surface area (Å²) in [7, 11) is -2.45. The number of nitrogens with one attached hydrogen (secondary N) is 1. The van der Waals surface area contributed by atoms with Crippen molar-refractivity contribution in [1.82, 2.24) is 4.72 Å². The molecular weight excluding hydrogens is 262 g/mol. The maximum atomic E-state index is 11.6. The van der Waals surface area contributed by atoms with Crippen LogP contribution in [-0.2, 0) is 24.3 Å². The molecule has 0 aromatic heterocycles. The van der Waals surface area contributed by atoms with Crippen molar-refractivity contribution in [3.05, 3.63) is 0 Å². The van der Waals surface area contributed by atoms with Gasteiger partial charge in [0.1, 0.15) is 6.04 Å². The zero-order valence-corrected chi connectivity index (χ0v) is 10.9. The summed E-state index contributed by atoms with van der Waals surface area (Å²) in [5, 5.41) is 8.90. The number of carbonyl (C=O) groups is 2. The SMILES string of the molecule is COC(=O)CCCS(=O)(=O)NC(C(=O)O)C1CC1. The topological polar surface area (TPSA) is 110 Å². The van der Waals surface area contributed by atoms with Crippen molar-refractivity contribution in [3.8, 4) is 0 Å². The van der Waals surface area contributed by atoms with Gasteiger partial charge in [-0.1, -0.05) is 0 Å². The molecule has 0 saturated heterocycles. The molecule has 7 nitrogen and oxygen atoms in total. The zero-order valence-electron chi connectivity index (χ0n) is 10.1. The standard InChI is InChI=1S/C10H17NO6S/c1-17-8(12)3-2-6-18(15,16)11-9(10(13)14)7-4-5-7/h7,9,11H,2-6H2,1H3,(H,13,14). The third-order valence-corrected chi connectivity index (χ3v) is 4.13. The lowest BCUT2D eigenvalue weighted by Crippen LogP contribution is -2.43. The van der Waals surface area contributed by atoms with Gasteiger partial charge >= 0.3 is 11.9 Å². The fourth-order valence-corrected chi connectivity index (χ4v) is 2.86. The first-order valence-electron chi connectivity index (χ1n) is 5.65. The second-order valence-electron chi connectivity index (χ2n) is 4.27. The van der Waals surface area contributed by atoms with Crippen LogP contribution in [0, 0.1) is 5.92 Å². The minimum absolute atomic E-state index is 0.00141. The summed E-state index contributed by atoms with van der Waals surface area (Å²) < 4.78 is 29.8. The highest BCUT2D eigenvalue weighted by atomic mass is 32.2. The van der Waals surface area contributed by atoms with Crippen molar-refractivity contribution in [1.29, 1.82) is 0 Å². The molecule has 1 atom stereocenters. The minimum Gasteiger partial charge on any atom is -0.480 e. The first kappa shape index (κ1) is 14.9. The Morgan fingerprint density at radius 1 is 1.44 bits per heavy atom. The maximum Gasteiger partial charge on any atom is 0.322 e. The Labute approximate surface area is 106 Å². The largest absolute Gasteiger partial charge is 0.480 e. The van der Waals surface area contributed by atoms with Gasteiger partial charge in [0.15, 0.2) is 0 Å². The summed E-state index contributed by atoms with van der Waals surface area (Å²) in [5.41, 5.74) is 0. The van der Waals surface area contributed by atoms with E-state index in [0.717, 1.165) is 12.8 Å². The van der Waals surface area contributed by atoms with E-state index in [2.05, 4.69) is 9.46 Å². The van der Waals surface area contributed by atoms with Crippen molar-refractivity contribution in [2.24, 2.45) is 5.92 Å². The number of rotatable bonds is 8. The quantitative estimate of drug-likeness (QED) is 0.591. The van der Waals surface area contributed by atoms with Crippen LogP contribution in [0.25, 0.3) is 0 Å². The average molecular weight is 279 g/mol. The van der Waals surface area contributed by atoms with Crippen LogP contribution >= 0.6 is 0 Å². The van der Waals surface area contributed by atoms with E-state index in [1.54, 1.807) is 0 Å². The van der Waals surface area contributed by atoms with Crippen LogP contribution in [-0.4, -0.2) is 44.4 Å². The zero-order chi connectivity index (χ0) is 13.8. The molecule has 0 amide bonds. The first-order valence-corrected chi connectivity index (χ1v) is 7.30. The minimum atomic E-state index is -3.67. The third kappa shape index (κ3) is 5.01. The predicted molar refractivity (Wildman–Crippen MR) is 62.3 cm³/mol. The van der Waals surface area contributed by atoms with Gasteiger partial charge in [-0.2, -0.15) is 0 Å². The summed E-state index contributed by atoms with van der Waals surface area (Å²) in [6, 6.07) is -1.05. The molecule has 1 saturated carbocycles. The molecule has 0 spiro atoms. The molecule has 0 aliphatic heterocycles. The highest BCUT2D eigenvalue weighted by Gasteiger charge is 2.38. The van der Waals surface area contributed by atoms with Gasteiger partial charge in [0, 0.05) is 6.42 Å². The fraction of sp³-hybridized carbons (Fsp3) is 0.800. The fourth-order valence-electron chi connectivity index (χ4n) is 1.54. The van der Waals surface area contributed by atoms with E-state index in [4.69, 9.17) is 5.11 Å². The van der Waals surface area contributed by atoms with E-state index in [0.29, 0.717) is 0 Å². The molecule has 2 N–H and O–H groups in total. The number of hydrogen-bond donors (Lipinski definition) is 2. The average Bonchev–Trinajstić information content (AvgIpc) is 3.09. The molecule has 18 heavy (non-hydrogen) atoms. The second kappa shape index (κ2) is 6.14. The lowest BCUT2D eigenvalue weighted by atomic mass is 10.2. The smallest absolute Gasteiger partial charge is 0.322 e. The van der Waals surface area contributed by atoms with Crippen LogP contribution in [0.15, 0.2) is 0 Å². The van der Waals surface area contributed by atoms with Gasteiger partial charge in [0.25, 0.3) is 0 Å². The highest BCUT2D eigenvalue weighted by molar-refractivity contribution is 7.89. The van der Waals surface area contributed by atoms with E-state index in [1.165, 1.54) is 7.11 Å². The van der Waals surface area contributed by atoms with Crippen LogP contribution in [0.2, 0.25) is 0 Å². The molecule has 8 heteroatoms. The van der Waals surface area contributed by atoms with Gasteiger partial charge in [0.2, 0.25) is 10.0 Å². The highest BCUT2D eigenvalue weighted by Crippen LogP contribution is 2.33. The van der Waals surface area contributed by atoms with Crippen molar-refractivity contribution in [3.63, 3.8) is 0 Å². The van der Waals surface area contributed by atoms with Gasteiger partial charge in [-0.3, -0.25) is 9.59 Å². The lowest BCUT2D eigenvalue weighted by Gasteiger charge is -2.13. The molecule has 1 aliphatic rings. The number of ether oxygens (including phenoxy) is 1. The van der Waals surface area contributed by atoms with Crippen LogP contribution in [0.1, 0.15) is 25.7 Å². The lowest BCUT2D eigenvalue weighted by molar-refractivity contribution is -0.141. The van der Waals surface area contributed by atoms with Gasteiger partial charge in [-0.25, -0.2) is 13.1 Å². The van der Waals surface area contributed by atoms with Gasteiger partial charge in [-0.05, 0) is 25.2 Å². The molecule has 0 aromatic carbocycles. The Hall–Kier alpha value is -1.15. The number of carboxylic acid groups (broad SMARTS) is 1. The van der Waals surface area contributed by atoms with Crippen LogP contribution in [0.3, 0.4) is 0 Å². The molecule has 1 fully saturated rings. The number of methoxy groups -OCH3 is 1. The molecule has 0 heterocycles. The van der Waals surface area contributed by atoms with Gasteiger partial charge < -0.3 is 9.84 Å². The molecule has 1 unspecified atom stereocenters. The van der Waals surface area contributed by atoms with Crippen molar-refractivity contribution >= 4 is 22.0 Å². The number of carboxylic acids is 1. The van der Waals surface area contributed by atoms with E-state index in [1.807, 2.05) is 0 Å². The molecule has 104 valence electrons. The predicted octanol–water partition coefficient (Wildman–Crippen LogP) is -0.278. The first-order chi connectivity index (χ1) is 8.35. The normalized spacial score (nSPS) is 17.2. The van der Waals surface area contributed by atoms with Crippen LogP contribution in [0.4, 0.5) is 0 Å². The Balaban J connectivity index is 2.43. The summed E-state index contributed by atoms with van der Waals surface area (Å²) in [6.45, 7) is 0. The third-order valence-electron chi connectivity index (χ3n) is 2.69. The monoisotopic (exact) mass is 279 g/mol. The van der Waals surface area contributed by atoms with Crippen molar-refractivity contribution < 1.29 is 27.9 Å². The maximum absolute atomic E-state index is 11.6. The molecule has 1 aliphatic carbocycles. The van der Waals surface area contributed by atoms with E-state index < -0.39 is 28.0 Å². The number of sulfonamides is 1. The summed E-state index contributed by atoms with van der Waals surface area (Å²) >= 11 is 0.